The molecule has 0 N–H and O–H groups in total. The summed E-state index contributed by atoms with van der Waals surface area (Å²) in [5.41, 5.74) is 0.819. The van der Waals surface area contributed by atoms with Crippen LogP contribution >= 0.6 is 0 Å². The minimum atomic E-state index is -0.393. The lowest BCUT2D eigenvalue weighted by Crippen LogP contribution is -2.30. The van der Waals surface area contributed by atoms with Gasteiger partial charge in [-0.1, -0.05) is 39.5 Å². The fourth-order valence-corrected chi connectivity index (χ4v) is 4.48. The molecule has 8 nitrogen and oxygen atoms in total. The molecule has 0 aromatic heterocycles. The number of ether oxygens (including phenoxy) is 4. The highest BCUT2D eigenvalue weighted by Gasteiger charge is 2.32. The summed E-state index contributed by atoms with van der Waals surface area (Å²) in [5.74, 6) is -1.38. The van der Waals surface area contributed by atoms with Gasteiger partial charge in [-0.25, -0.2) is 9.59 Å². The average molecular weight is 553 g/mol. The van der Waals surface area contributed by atoms with Gasteiger partial charge in [0.2, 0.25) is 0 Å². The number of esters is 4. The van der Waals surface area contributed by atoms with Crippen molar-refractivity contribution in [3.05, 3.63) is 59.7 Å². The van der Waals surface area contributed by atoms with E-state index in [0.717, 1.165) is 38.5 Å². The van der Waals surface area contributed by atoms with Crippen molar-refractivity contribution in [2.24, 2.45) is 11.8 Å². The first-order valence-corrected chi connectivity index (χ1v) is 14.4. The van der Waals surface area contributed by atoms with Crippen LogP contribution in [0.3, 0.4) is 0 Å². The molecule has 0 bridgehead atoms. The van der Waals surface area contributed by atoms with Crippen molar-refractivity contribution in [1.82, 2.24) is 0 Å². The maximum atomic E-state index is 12.7. The summed E-state index contributed by atoms with van der Waals surface area (Å²) >= 11 is 0. The Kier molecular flexibility index (Phi) is 12.7. The summed E-state index contributed by atoms with van der Waals surface area (Å²) in [6.45, 7) is 4.95. The van der Waals surface area contributed by atoms with Gasteiger partial charge in [-0.2, -0.15) is 0 Å². The molecule has 0 radical (unpaired) electrons. The maximum absolute atomic E-state index is 12.7. The van der Waals surface area contributed by atoms with Gasteiger partial charge in [0.1, 0.15) is 11.5 Å². The second-order valence-electron chi connectivity index (χ2n) is 10.1. The van der Waals surface area contributed by atoms with Crippen LogP contribution in [0.1, 0.15) is 98.8 Å². The molecule has 1 aliphatic carbocycles. The van der Waals surface area contributed by atoms with Crippen LogP contribution in [-0.2, 0) is 19.1 Å². The van der Waals surface area contributed by atoms with Crippen LogP contribution in [-0.4, -0.2) is 37.1 Å². The van der Waals surface area contributed by atoms with Gasteiger partial charge in [0.25, 0.3) is 0 Å². The summed E-state index contributed by atoms with van der Waals surface area (Å²) in [7, 11) is 0. The van der Waals surface area contributed by atoms with Crippen molar-refractivity contribution >= 4 is 23.9 Å². The van der Waals surface area contributed by atoms with Gasteiger partial charge in [0.15, 0.2) is 0 Å². The molecule has 0 spiro atoms. The highest BCUT2D eigenvalue weighted by Crippen LogP contribution is 2.31. The molecule has 2 aromatic carbocycles. The largest absolute Gasteiger partial charge is 0.462 e. The number of unbranched alkanes of at least 4 members (excludes halogenated alkanes) is 4. The van der Waals surface area contributed by atoms with Crippen LogP contribution in [0.2, 0.25) is 0 Å². The van der Waals surface area contributed by atoms with E-state index in [1.807, 2.05) is 0 Å². The molecular formula is C32H40O8. The fraction of sp³-hybridized carbons (Fsp3) is 0.500. The monoisotopic (exact) mass is 552 g/mol. The molecule has 0 amide bonds. The van der Waals surface area contributed by atoms with Crippen LogP contribution in [0.25, 0.3) is 0 Å². The lowest BCUT2D eigenvalue weighted by Gasteiger charge is -2.25. The van der Waals surface area contributed by atoms with Gasteiger partial charge >= 0.3 is 23.9 Å². The maximum Gasteiger partial charge on any atom is 0.338 e. The second-order valence-corrected chi connectivity index (χ2v) is 10.1. The normalized spacial score (nSPS) is 16.6. The predicted octanol–water partition coefficient (Wildman–Crippen LogP) is 6.70. The fourth-order valence-electron chi connectivity index (χ4n) is 4.48. The summed E-state index contributed by atoms with van der Waals surface area (Å²) in [4.78, 5) is 49.5. The standard InChI is InChI=1S/C32H40O8/c1-3-5-7-21-37-29(33)23-13-17-27(18-14-23)39-31(35)25-9-11-26(12-10-25)32(36)40-28-19-15-24(16-20-28)30(34)38-22-8-6-4-2/h13-20,25-26H,3-12,21-22H2,1-2H3. The average Bonchev–Trinajstić information content (AvgIpc) is 2.98. The molecule has 0 aliphatic heterocycles. The minimum absolute atomic E-state index is 0.310. The third-order valence-electron chi connectivity index (χ3n) is 6.97. The van der Waals surface area contributed by atoms with Crippen molar-refractivity contribution in [3.8, 4) is 11.5 Å². The molecule has 1 saturated carbocycles. The van der Waals surface area contributed by atoms with E-state index < -0.39 is 11.9 Å². The Hall–Kier alpha value is -3.68. The van der Waals surface area contributed by atoms with E-state index in [-0.39, 0.29) is 23.8 Å². The van der Waals surface area contributed by atoms with E-state index in [1.165, 1.54) is 0 Å². The minimum Gasteiger partial charge on any atom is -0.462 e. The molecule has 2 aromatic rings. The number of carbonyl (C=O) groups is 4. The Morgan fingerprint density at radius 2 is 0.925 bits per heavy atom. The molecule has 8 heteroatoms. The Bertz CT molecular complexity index is 1010. The second kappa shape index (κ2) is 16.4. The van der Waals surface area contributed by atoms with Crippen LogP contribution in [0.5, 0.6) is 11.5 Å². The molecule has 0 unspecified atom stereocenters. The summed E-state index contributed by atoms with van der Waals surface area (Å²) < 4.78 is 21.5. The number of hydrogen-bond acceptors (Lipinski definition) is 8. The van der Waals surface area contributed by atoms with Crippen LogP contribution in [0.4, 0.5) is 0 Å². The van der Waals surface area contributed by atoms with E-state index in [1.54, 1.807) is 48.5 Å². The van der Waals surface area contributed by atoms with E-state index >= 15 is 0 Å². The van der Waals surface area contributed by atoms with E-state index in [0.29, 0.717) is 61.5 Å². The Morgan fingerprint density at radius 3 is 1.25 bits per heavy atom. The lowest BCUT2D eigenvalue weighted by atomic mass is 9.82. The zero-order valence-electron chi connectivity index (χ0n) is 23.5. The van der Waals surface area contributed by atoms with Crippen molar-refractivity contribution in [3.63, 3.8) is 0 Å². The molecule has 3 rings (SSSR count). The molecule has 0 heterocycles. The summed E-state index contributed by atoms with van der Waals surface area (Å²) in [5, 5.41) is 0. The third-order valence-corrected chi connectivity index (χ3v) is 6.97. The van der Waals surface area contributed by atoms with Crippen LogP contribution in [0.15, 0.2) is 48.5 Å². The number of rotatable bonds is 14. The first kappa shape index (κ1) is 30.9. The van der Waals surface area contributed by atoms with Gasteiger partial charge in [0.05, 0.1) is 36.2 Å². The Balaban J connectivity index is 1.39. The van der Waals surface area contributed by atoms with E-state index in [9.17, 15) is 19.2 Å². The topological polar surface area (TPSA) is 105 Å². The zero-order chi connectivity index (χ0) is 28.7. The molecular weight excluding hydrogens is 512 g/mol. The molecule has 216 valence electrons. The van der Waals surface area contributed by atoms with Gasteiger partial charge in [0, 0.05) is 0 Å². The smallest absolute Gasteiger partial charge is 0.338 e. The van der Waals surface area contributed by atoms with Crippen LogP contribution in [0, 0.1) is 11.8 Å². The van der Waals surface area contributed by atoms with Gasteiger partial charge in [-0.15, -0.1) is 0 Å². The number of carbonyl (C=O) groups excluding carboxylic acids is 4. The Morgan fingerprint density at radius 1 is 0.575 bits per heavy atom. The quantitative estimate of drug-likeness (QED) is 0.145. The predicted molar refractivity (Wildman–Crippen MR) is 149 cm³/mol. The third kappa shape index (κ3) is 9.81. The first-order chi connectivity index (χ1) is 19.4. The molecule has 40 heavy (non-hydrogen) atoms. The Labute approximate surface area is 236 Å². The van der Waals surface area contributed by atoms with Gasteiger partial charge < -0.3 is 18.9 Å². The van der Waals surface area contributed by atoms with Gasteiger partial charge in [-0.05, 0) is 87.1 Å². The van der Waals surface area contributed by atoms with E-state index in [4.69, 9.17) is 18.9 Å². The lowest BCUT2D eigenvalue weighted by molar-refractivity contribution is -0.145. The first-order valence-electron chi connectivity index (χ1n) is 14.4. The highest BCUT2D eigenvalue weighted by molar-refractivity contribution is 5.90. The number of hydrogen-bond donors (Lipinski definition) is 0. The molecule has 1 fully saturated rings. The summed E-state index contributed by atoms with van der Waals surface area (Å²) in [6.07, 6.45) is 7.87. The summed E-state index contributed by atoms with van der Waals surface area (Å²) in [6, 6.07) is 12.7. The van der Waals surface area contributed by atoms with Crippen molar-refractivity contribution in [2.45, 2.75) is 78.1 Å². The zero-order valence-corrected chi connectivity index (χ0v) is 23.5. The van der Waals surface area contributed by atoms with Crippen molar-refractivity contribution in [2.75, 3.05) is 13.2 Å². The number of benzene rings is 2. The SMILES string of the molecule is CCCCCOC(=O)c1ccc(OC(=O)C2CCC(C(=O)Oc3ccc(C(=O)OCCCCC)cc3)CC2)cc1. The molecule has 1 aliphatic rings. The van der Waals surface area contributed by atoms with E-state index in [2.05, 4.69) is 13.8 Å². The van der Waals surface area contributed by atoms with Crippen molar-refractivity contribution in [1.29, 1.82) is 0 Å². The highest BCUT2D eigenvalue weighted by atomic mass is 16.5. The van der Waals surface area contributed by atoms with Gasteiger partial charge in [-0.3, -0.25) is 9.59 Å². The van der Waals surface area contributed by atoms with Crippen LogP contribution < -0.4 is 9.47 Å². The molecule has 0 saturated heterocycles. The van der Waals surface area contributed by atoms with Crippen molar-refractivity contribution < 1.29 is 38.1 Å². The molecule has 0 atom stereocenters.